The molecule has 0 saturated heterocycles. The minimum absolute atomic E-state index is 0.0245. The van der Waals surface area contributed by atoms with Crippen LogP contribution < -0.4 is 0 Å². The largest absolute Gasteiger partial charge is 0.385 e. The fourth-order valence-corrected chi connectivity index (χ4v) is 1.39. The summed E-state index contributed by atoms with van der Waals surface area (Å²) in [6.07, 6.45) is 0. The number of ketones is 1. The van der Waals surface area contributed by atoms with Crippen molar-refractivity contribution in [3.63, 3.8) is 0 Å². The topological polar surface area (TPSA) is 37.3 Å². The Labute approximate surface area is 90.9 Å². The first-order valence-electron chi connectivity index (χ1n) is 5.19. The van der Waals surface area contributed by atoms with E-state index < -0.39 is 5.60 Å². The van der Waals surface area contributed by atoms with Crippen LogP contribution in [0.4, 0.5) is 0 Å². The summed E-state index contributed by atoms with van der Waals surface area (Å²) in [5.41, 5.74) is 0.560. The summed E-state index contributed by atoms with van der Waals surface area (Å²) in [4.78, 5) is 11.2. The molecule has 0 aliphatic rings. The van der Waals surface area contributed by atoms with E-state index in [0.29, 0.717) is 5.56 Å². The van der Waals surface area contributed by atoms with Gasteiger partial charge in [0.1, 0.15) is 0 Å². The number of hydrogen-bond acceptors (Lipinski definition) is 2. The fraction of sp³-hybridized carbons (Fsp3) is 0.462. The molecule has 0 radical (unpaired) electrons. The number of carbonyl (C=O) groups excluding carboxylic acids is 1. The Hall–Kier alpha value is -1.15. The zero-order chi connectivity index (χ0) is 11.6. The highest BCUT2D eigenvalue weighted by atomic mass is 16.3. The van der Waals surface area contributed by atoms with E-state index in [-0.39, 0.29) is 11.7 Å². The number of benzene rings is 1. The second-order valence-corrected chi connectivity index (χ2v) is 4.44. The van der Waals surface area contributed by atoms with E-state index in [1.807, 2.05) is 26.0 Å². The van der Waals surface area contributed by atoms with Gasteiger partial charge in [0.15, 0.2) is 5.78 Å². The minimum atomic E-state index is -0.883. The first kappa shape index (κ1) is 11.9. The molecule has 0 aromatic heterocycles. The maximum atomic E-state index is 11.2. The molecule has 2 nitrogen and oxygen atoms in total. The van der Waals surface area contributed by atoms with Gasteiger partial charge in [-0.3, -0.25) is 4.79 Å². The lowest BCUT2D eigenvalue weighted by Crippen LogP contribution is -2.28. The van der Waals surface area contributed by atoms with Gasteiger partial charge in [-0.05, 0) is 31.4 Å². The van der Waals surface area contributed by atoms with Crippen LogP contribution in [0.2, 0.25) is 0 Å². The van der Waals surface area contributed by atoms with Crippen LogP contribution in [0.3, 0.4) is 0 Å². The van der Waals surface area contributed by atoms with E-state index in [0.717, 1.165) is 5.56 Å². The lowest BCUT2D eigenvalue weighted by molar-refractivity contribution is 0.00902. The van der Waals surface area contributed by atoms with Gasteiger partial charge in [0.05, 0.1) is 5.60 Å². The first-order valence-corrected chi connectivity index (χ1v) is 5.19. The molecular weight excluding hydrogens is 188 g/mol. The second kappa shape index (κ2) is 4.15. The summed E-state index contributed by atoms with van der Waals surface area (Å²) in [5, 5.41) is 10.3. The summed E-state index contributed by atoms with van der Waals surface area (Å²) < 4.78 is 0. The van der Waals surface area contributed by atoms with Crippen molar-refractivity contribution in [2.45, 2.75) is 33.3 Å². The SMILES string of the molecule is CC(=O)c1cccc(C(C)(O)C(C)C)c1. The van der Waals surface area contributed by atoms with E-state index >= 15 is 0 Å². The van der Waals surface area contributed by atoms with Gasteiger partial charge in [-0.2, -0.15) is 0 Å². The second-order valence-electron chi connectivity index (χ2n) is 4.44. The van der Waals surface area contributed by atoms with Crippen molar-refractivity contribution in [2.75, 3.05) is 0 Å². The molecule has 1 atom stereocenters. The van der Waals surface area contributed by atoms with Crippen molar-refractivity contribution in [1.29, 1.82) is 0 Å². The zero-order valence-corrected chi connectivity index (χ0v) is 9.74. The van der Waals surface area contributed by atoms with Gasteiger partial charge < -0.3 is 5.11 Å². The minimum Gasteiger partial charge on any atom is -0.385 e. The van der Waals surface area contributed by atoms with Gasteiger partial charge in [0, 0.05) is 5.56 Å². The third-order valence-corrected chi connectivity index (χ3v) is 2.98. The van der Waals surface area contributed by atoms with Crippen LogP contribution in [-0.4, -0.2) is 10.9 Å². The molecule has 1 unspecified atom stereocenters. The average molecular weight is 206 g/mol. The lowest BCUT2D eigenvalue weighted by Gasteiger charge is -2.28. The summed E-state index contributed by atoms with van der Waals surface area (Å²) in [7, 11) is 0. The summed E-state index contributed by atoms with van der Waals surface area (Å²) >= 11 is 0. The van der Waals surface area contributed by atoms with Crippen molar-refractivity contribution < 1.29 is 9.90 Å². The Kier molecular flexibility index (Phi) is 3.30. The first-order chi connectivity index (χ1) is 6.85. The van der Waals surface area contributed by atoms with Gasteiger partial charge in [-0.15, -0.1) is 0 Å². The van der Waals surface area contributed by atoms with Crippen LogP contribution in [-0.2, 0) is 5.60 Å². The number of rotatable bonds is 3. The number of carbonyl (C=O) groups is 1. The van der Waals surface area contributed by atoms with E-state index in [2.05, 4.69) is 0 Å². The Morgan fingerprint density at radius 1 is 1.40 bits per heavy atom. The molecule has 0 spiro atoms. The maximum absolute atomic E-state index is 11.2. The van der Waals surface area contributed by atoms with Crippen molar-refractivity contribution in [2.24, 2.45) is 5.92 Å². The third kappa shape index (κ3) is 2.45. The molecular formula is C13H18O2. The number of aliphatic hydroxyl groups is 1. The maximum Gasteiger partial charge on any atom is 0.159 e. The van der Waals surface area contributed by atoms with Gasteiger partial charge in [0.25, 0.3) is 0 Å². The zero-order valence-electron chi connectivity index (χ0n) is 9.74. The van der Waals surface area contributed by atoms with Crippen molar-refractivity contribution in [3.8, 4) is 0 Å². The molecule has 1 N–H and O–H groups in total. The van der Waals surface area contributed by atoms with Crippen LogP contribution >= 0.6 is 0 Å². The molecule has 0 bridgehead atoms. The molecule has 1 rings (SSSR count). The molecule has 1 aromatic rings. The highest BCUT2D eigenvalue weighted by Crippen LogP contribution is 2.29. The molecule has 0 heterocycles. The molecule has 0 amide bonds. The number of Topliss-reactive ketones (excluding diaryl/α,β-unsaturated/α-hetero) is 1. The van der Waals surface area contributed by atoms with Gasteiger partial charge in [-0.1, -0.05) is 32.0 Å². The number of hydrogen-bond donors (Lipinski definition) is 1. The molecule has 0 fully saturated rings. The van der Waals surface area contributed by atoms with Crippen molar-refractivity contribution in [1.82, 2.24) is 0 Å². The summed E-state index contributed by atoms with van der Waals surface area (Å²) in [5.74, 6) is 0.135. The van der Waals surface area contributed by atoms with Crippen molar-refractivity contribution in [3.05, 3.63) is 35.4 Å². The molecule has 0 aliphatic heterocycles. The van der Waals surface area contributed by atoms with E-state index in [9.17, 15) is 9.90 Å². The molecule has 15 heavy (non-hydrogen) atoms. The lowest BCUT2D eigenvalue weighted by atomic mass is 9.84. The van der Waals surface area contributed by atoms with Crippen LogP contribution in [0.25, 0.3) is 0 Å². The third-order valence-electron chi connectivity index (χ3n) is 2.98. The smallest absolute Gasteiger partial charge is 0.159 e. The van der Waals surface area contributed by atoms with E-state index in [1.165, 1.54) is 6.92 Å². The highest BCUT2D eigenvalue weighted by molar-refractivity contribution is 5.94. The normalized spacial score (nSPS) is 15.1. The monoisotopic (exact) mass is 206 g/mol. The highest BCUT2D eigenvalue weighted by Gasteiger charge is 2.27. The molecule has 0 saturated carbocycles. The molecule has 82 valence electrons. The predicted molar refractivity (Wildman–Crippen MR) is 60.9 cm³/mol. The molecule has 1 aromatic carbocycles. The van der Waals surface area contributed by atoms with Gasteiger partial charge in [-0.25, -0.2) is 0 Å². The van der Waals surface area contributed by atoms with Gasteiger partial charge in [0.2, 0.25) is 0 Å². The van der Waals surface area contributed by atoms with Crippen molar-refractivity contribution >= 4 is 5.78 Å². The van der Waals surface area contributed by atoms with Crippen LogP contribution in [0.1, 0.15) is 43.6 Å². The van der Waals surface area contributed by atoms with Crippen LogP contribution in [0, 0.1) is 5.92 Å². The van der Waals surface area contributed by atoms with Crippen LogP contribution in [0.5, 0.6) is 0 Å². The average Bonchev–Trinajstić information content (AvgIpc) is 2.17. The predicted octanol–water partition coefficient (Wildman–Crippen LogP) is 2.75. The van der Waals surface area contributed by atoms with Gasteiger partial charge >= 0.3 is 0 Å². The Morgan fingerprint density at radius 3 is 2.47 bits per heavy atom. The summed E-state index contributed by atoms with van der Waals surface area (Å²) in [6, 6.07) is 7.19. The molecule has 0 aliphatic carbocycles. The quantitative estimate of drug-likeness (QED) is 0.772. The Morgan fingerprint density at radius 2 is 2.00 bits per heavy atom. The summed E-state index contributed by atoms with van der Waals surface area (Å²) in [6.45, 7) is 7.22. The van der Waals surface area contributed by atoms with E-state index in [4.69, 9.17) is 0 Å². The fourth-order valence-electron chi connectivity index (χ4n) is 1.39. The Bertz CT molecular complexity index is 365. The van der Waals surface area contributed by atoms with E-state index in [1.54, 1.807) is 19.1 Å². The van der Waals surface area contributed by atoms with Crippen LogP contribution in [0.15, 0.2) is 24.3 Å². The molecule has 2 heteroatoms. The Balaban J connectivity index is 3.16. The standard InChI is InChI=1S/C13H18O2/c1-9(2)13(4,15)12-7-5-6-11(8-12)10(3)14/h5-9,15H,1-4H3.